The number of fused-ring (bicyclic) bond motifs is 1. The Morgan fingerprint density at radius 1 is 1.21 bits per heavy atom. The van der Waals surface area contributed by atoms with Crippen molar-refractivity contribution in [3.05, 3.63) is 53.3 Å². The van der Waals surface area contributed by atoms with Gasteiger partial charge in [0.25, 0.3) is 5.91 Å². The first-order valence-electron chi connectivity index (χ1n) is 7.53. The van der Waals surface area contributed by atoms with Crippen LogP contribution in [0.2, 0.25) is 0 Å². The molecule has 3 rings (SSSR count). The maximum Gasteiger partial charge on any atom is 0.266 e. The van der Waals surface area contributed by atoms with Crippen LogP contribution >= 0.6 is 11.3 Å². The Kier molecular flexibility index (Phi) is 4.49. The molecule has 1 N–H and O–H groups in total. The lowest BCUT2D eigenvalue weighted by molar-refractivity contribution is -0.122. The molecule has 124 valence electrons. The molecule has 0 fully saturated rings. The monoisotopic (exact) mass is 344 g/mol. The third-order valence-corrected chi connectivity index (χ3v) is 4.67. The number of thiazole rings is 1. The van der Waals surface area contributed by atoms with E-state index in [1.807, 2.05) is 32.0 Å². The summed E-state index contributed by atoms with van der Waals surface area (Å²) in [5.74, 6) is 0.0235. The van der Waals surface area contributed by atoms with Crippen LogP contribution in [0.25, 0.3) is 10.2 Å². The molecule has 3 aromatic rings. The number of ether oxygens (including phenoxy) is 1. The number of carbonyl (C=O) groups is 1. The fraction of sp³-hybridized carbons (Fsp3) is 0.222. The second-order valence-electron chi connectivity index (χ2n) is 5.63. The average Bonchev–Trinajstić information content (AvgIpc) is 2.92. The Morgan fingerprint density at radius 3 is 2.75 bits per heavy atom. The molecule has 0 aliphatic carbocycles. The number of aromatic nitrogens is 1. The van der Waals surface area contributed by atoms with Crippen LogP contribution in [0.3, 0.4) is 0 Å². The smallest absolute Gasteiger partial charge is 0.266 e. The van der Waals surface area contributed by atoms with E-state index in [0.29, 0.717) is 21.1 Å². The molecule has 0 aliphatic rings. The minimum Gasteiger partial charge on any atom is -0.481 e. The first-order chi connectivity index (χ1) is 11.4. The number of rotatable bonds is 4. The minimum absolute atomic E-state index is 0.298. The molecule has 1 heterocycles. The molecule has 6 heteroatoms. The molecule has 1 aromatic heterocycles. The van der Waals surface area contributed by atoms with Crippen molar-refractivity contribution in [2.45, 2.75) is 26.9 Å². The fourth-order valence-corrected chi connectivity index (χ4v) is 3.10. The van der Waals surface area contributed by atoms with E-state index in [1.54, 1.807) is 13.0 Å². The lowest BCUT2D eigenvalue weighted by atomic mass is 10.1. The number of hydrogen-bond acceptors (Lipinski definition) is 4. The van der Waals surface area contributed by atoms with Crippen LogP contribution in [-0.2, 0) is 4.79 Å². The van der Waals surface area contributed by atoms with Crippen molar-refractivity contribution in [1.82, 2.24) is 4.98 Å². The summed E-state index contributed by atoms with van der Waals surface area (Å²) in [5, 5.41) is 3.14. The first kappa shape index (κ1) is 16.4. The second-order valence-corrected chi connectivity index (χ2v) is 6.66. The molecule has 0 saturated carbocycles. The largest absolute Gasteiger partial charge is 0.481 e. The van der Waals surface area contributed by atoms with Crippen molar-refractivity contribution in [2.75, 3.05) is 5.32 Å². The van der Waals surface area contributed by atoms with E-state index in [2.05, 4.69) is 10.3 Å². The van der Waals surface area contributed by atoms with E-state index in [9.17, 15) is 9.18 Å². The number of nitrogens with zero attached hydrogens (tertiary/aromatic N) is 1. The van der Waals surface area contributed by atoms with Crippen LogP contribution in [0.15, 0.2) is 36.4 Å². The molecule has 1 atom stereocenters. The number of nitrogens with one attached hydrogen (secondary N) is 1. The van der Waals surface area contributed by atoms with Crippen LogP contribution in [0, 0.1) is 19.7 Å². The SMILES string of the molecule is Cc1ccc(OC(C)C(=O)Nc2nc3ccc(F)cc3s2)cc1C. The van der Waals surface area contributed by atoms with E-state index in [4.69, 9.17) is 4.74 Å². The minimum atomic E-state index is -0.671. The summed E-state index contributed by atoms with van der Waals surface area (Å²) in [6.07, 6.45) is -0.671. The molecule has 0 aliphatic heterocycles. The fourth-order valence-electron chi connectivity index (χ4n) is 2.20. The number of halogens is 1. The van der Waals surface area contributed by atoms with Crippen molar-refractivity contribution < 1.29 is 13.9 Å². The van der Waals surface area contributed by atoms with Crippen LogP contribution in [-0.4, -0.2) is 17.0 Å². The van der Waals surface area contributed by atoms with Gasteiger partial charge in [0.15, 0.2) is 11.2 Å². The lowest BCUT2D eigenvalue weighted by Gasteiger charge is -2.14. The number of amides is 1. The Balaban J connectivity index is 1.69. The van der Waals surface area contributed by atoms with Crippen LogP contribution in [0.1, 0.15) is 18.1 Å². The van der Waals surface area contributed by atoms with Gasteiger partial charge < -0.3 is 4.74 Å². The van der Waals surface area contributed by atoms with Gasteiger partial charge >= 0.3 is 0 Å². The van der Waals surface area contributed by atoms with Gasteiger partial charge in [0.2, 0.25) is 0 Å². The van der Waals surface area contributed by atoms with Crippen LogP contribution in [0.4, 0.5) is 9.52 Å². The molecule has 0 radical (unpaired) electrons. The second kappa shape index (κ2) is 6.57. The maximum absolute atomic E-state index is 13.2. The van der Waals surface area contributed by atoms with Crippen molar-refractivity contribution in [2.24, 2.45) is 0 Å². The van der Waals surface area contributed by atoms with E-state index < -0.39 is 6.10 Å². The molecule has 24 heavy (non-hydrogen) atoms. The van der Waals surface area contributed by atoms with Gasteiger partial charge in [-0.2, -0.15) is 0 Å². The quantitative estimate of drug-likeness (QED) is 0.760. The summed E-state index contributed by atoms with van der Waals surface area (Å²) in [6.45, 7) is 5.69. The highest BCUT2D eigenvalue weighted by Crippen LogP contribution is 2.26. The van der Waals surface area contributed by atoms with Gasteiger partial charge in [-0.25, -0.2) is 9.37 Å². The standard InChI is InChI=1S/C18H17FN2O2S/c1-10-4-6-14(8-11(10)2)23-12(3)17(22)21-18-20-15-7-5-13(19)9-16(15)24-18/h4-9,12H,1-3H3,(H,20,21,22). The van der Waals surface area contributed by atoms with E-state index >= 15 is 0 Å². The Hall–Kier alpha value is -2.47. The van der Waals surface area contributed by atoms with Crippen LogP contribution in [0.5, 0.6) is 5.75 Å². The van der Waals surface area contributed by atoms with E-state index in [0.717, 1.165) is 5.56 Å². The molecule has 1 unspecified atom stereocenters. The summed E-state index contributed by atoms with van der Waals surface area (Å²) in [4.78, 5) is 16.5. The summed E-state index contributed by atoms with van der Waals surface area (Å²) >= 11 is 1.23. The highest BCUT2D eigenvalue weighted by molar-refractivity contribution is 7.22. The van der Waals surface area contributed by atoms with E-state index in [1.165, 1.54) is 29.0 Å². The zero-order chi connectivity index (χ0) is 17.3. The van der Waals surface area contributed by atoms with Gasteiger partial charge in [0.05, 0.1) is 10.2 Å². The molecule has 2 aromatic carbocycles. The molecule has 0 saturated heterocycles. The topological polar surface area (TPSA) is 51.2 Å². The predicted molar refractivity (Wildman–Crippen MR) is 94.2 cm³/mol. The molecular weight excluding hydrogens is 327 g/mol. The number of hydrogen-bond donors (Lipinski definition) is 1. The zero-order valence-corrected chi connectivity index (χ0v) is 14.4. The molecule has 0 spiro atoms. The number of aryl methyl sites for hydroxylation is 2. The maximum atomic E-state index is 13.2. The Labute approximate surface area is 143 Å². The van der Waals surface area contributed by atoms with Gasteiger partial charge in [-0.05, 0) is 62.2 Å². The highest BCUT2D eigenvalue weighted by atomic mass is 32.1. The highest BCUT2D eigenvalue weighted by Gasteiger charge is 2.17. The van der Waals surface area contributed by atoms with Gasteiger partial charge in [0, 0.05) is 0 Å². The average molecular weight is 344 g/mol. The zero-order valence-electron chi connectivity index (χ0n) is 13.6. The number of carbonyl (C=O) groups excluding carboxylic acids is 1. The Bertz CT molecular complexity index is 907. The first-order valence-corrected chi connectivity index (χ1v) is 8.35. The van der Waals surface area contributed by atoms with Gasteiger partial charge in [0.1, 0.15) is 11.6 Å². The number of benzene rings is 2. The van der Waals surface area contributed by atoms with Crippen molar-refractivity contribution in [1.29, 1.82) is 0 Å². The Morgan fingerprint density at radius 2 is 2.00 bits per heavy atom. The molecule has 0 bridgehead atoms. The summed E-state index contributed by atoms with van der Waals surface area (Å²) < 4.78 is 19.6. The predicted octanol–water partition coefficient (Wildman–Crippen LogP) is 4.46. The van der Waals surface area contributed by atoms with Crippen molar-refractivity contribution in [3.8, 4) is 5.75 Å². The third kappa shape index (κ3) is 3.54. The van der Waals surface area contributed by atoms with Gasteiger partial charge in [-0.3, -0.25) is 10.1 Å². The van der Waals surface area contributed by atoms with E-state index in [-0.39, 0.29) is 11.7 Å². The molecule has 1 amide bonds. The normalized spacial score (nSPS) is 12.2. The summed E-state index contributed by atoms with van der Waals surface area (Å²) in [5.41, 5.74) is 2.92. The van der Waals surface area contributed by atoms with Crippen molar-refractivity contribution >= 4 is 32.6 Å². The molecular formula is C18H17FN2O2S. The van der Waals surface area contributed by atoms with Gasteiger partial charge in [-0.15, -0.1) is 0 Å². The van der Waals surface area contributed by atoms with Crippen molar-refractivity contribution in [3.63, 3.8) is 0 Å². The summed E-state index contributed by atoms with van der Waals surface area (Å²) in [6, 6.07) is 10.0. The number of anilines is 1. The van der Waals surface area contributed by atoms with Gasteiger partial charge in [-0.1, -0.05) is 17.4 Å². The lowest BCUT2D eigenvalue weighted by Crippen LogP contribution is -2.30. The summed E-state index contributed by atoms with van der Waals surface area (Å²) in [7, 11) is 0. The molecule has 4 nitrogen and oxygen atoms in total. The van der Waals surface area contributed by atoms with Crippen LogP contribution < -0.4 is 10.1 Å². The third-order valence-electron chi connectivity index (χ3n) is 3.74.